The van der Waals surface area contributed by atoms with Crippen molar-refractivity contribution in [2.24, 2.45) is 0 Å². The third-order valence-electron chi connectivity index (χ3n) is 4.16. The molecule has 3 aromatic rings. The second-order valence-corrected chi connectivity index (χ2v) is 9.07. The second kappa shape index (κ2) is 7.56. The molecule has 2 aromatic heterocycles. The van der Waals surface area contributed by atoms with Crippen LogP contribution in [0.15, 0.2) is 33.7 Å². The van der Waals surface area contributed by atoms with Crippen LogP contribution in [-0.4, -0.2) is 31.5 Å². The third-order valence-corrected chi connectivity index (χ3v) is 6.77. The van der Waals surface area contributed by atoms with Gasteiger partial charge < -0.3 is 14.0 Å². The topological polar surface area (TPSA) is 104 Å². The SMILES string of the molecule is Cc1noc(-c2c(NS(=O)(=O)c3ccc(OC(F)(F)F)cc3)sc3c2CCOC3)n1. The quantitative estimate of drug-likeness (QED) is 0.615. The number of ether oxygens (including phenoxy) is 2. The molecule has 4 rings (SSSR count). The number of halogens is 3. The molecule has 1 aliphatic rings. The van der Waals surface area contributed by atoms with Crippen LogP contribution in [0.5, 0.6) is 5.75 Å². The van der Waals surface area contributed by atoms with E-state index in [4.69, 9.17) is 9.26 Å². The van der Waals surface area contributed by atoms with Gasteiger partial charge in [0.2, 0.25) is 0 Å². The molecule has 0 atom stereocenters. The Morgan fingerprint density at radius 3 is 2.60 bits per heavy atom. The monoisotopic (exact) mass is 461 g/mol. The van der Waals surface area contributed by atoms with Gasteiger partial charge in [0, 0.05) is 4.88 Å². The number of benzene rings is 1. The Bertz CT molecular complexity index is 1170. The van der Waals surface area contributed by atoms with Crippen LogP contribution in [-0.2, 0) is 27.8 Å². The zero-order valence-electron chi connectivity index (χ0n) is 15.3. The standard InChI is InChI=1S/C17H14F3N3O5S2/c1-9-21-15(28-22-9)14-12-6-7-26-8-13(12)29-16(14)23-30(24,25)11-4-2-10(3-5-11)27-17(18,19)20/h2-5,23H,6-8H2,1H3. The number of hydrogen-bond acceptors (Lipinski definition) is 8. The highest BCUT2D eigenvalue weighted by Gasteiger charge is 2.32. The summed E-state index contributed by atoms with van der Waals surface area (Å²) in [5.74, 6) is 0.0526. The van der Waals surface area contributed by atoms with Crippen LogP contribution < -0.4 is 9.46 Å². The van der Waals surface area contributed by atoms with Crippen molar-refractivity contribution in [3.63, 3.8) is 0 Å². The molecule has 160 valence electrons. The molecule has 1 aliphatic heterocycles. The number of aromatic nitrogens is 2. The van der Waals surface area contributed by atoms with Crippen LogP contribution in [0.3, 0.4) is 0 Å². The van der Waals surface area contributed by atoms with Gasteiger partial charge in [0.15, 0.2) is 5.82 Å². The summed E-state index contributed by atoms with van der Waals surface area (Å²) in [6.07, 6.45) is -4.32. The summed E-state index contributed by atoms with van der Waals surface area (Å²) in [5.41, 5.74) is 1.35. The van der Waals surface area contributed by atoms with Gasteiger partial charge in [-0.05, 0) is 43.2 Å². The fourth-order valence-electron chi connectivity index (χ4n) is 2.93. The number of nitrogens with one attached hydrogen (secondary N) is 1. The number of sulfonamides is 1. The lowest BCUT2D eigenvalue weighted by atomic mass is 10.1. The summed E-state index contributed by atoms with van der Waals surface area (Å²) in [5, 5.41) is 4.03. The molecule has 1 N–H and O–H groups in total. The smallest absolute Gasteiger partial charge is 0.406 e. The van der Waals surface area contributed by atoms with E-state index < -0.39 is 22.1 Å². The van der Waals surface area contributed by atoms with E-state index in [-0.39, 0.29) is 15.8 Å². The van der Waals surface area contributed by atoms with Crippen molar-refractivity contribution in [3.05, 3.63) is 40.5 Å². The number of rotatable bonds is 5. The van der Waals surface area contributed by atoms with E-state index in [9.17, 15) is 21.6 Å². The number of fused-ring (bicyclic) bond motifs is 1. The van der Waals surface area contributed by atoms with Crippen LogP contribution in [0.1, 0.15) is 16.3 Å². The number of aryl methyl sites for hydroxylation is 1. The lowest BCUT2D eigenvalue weighted by Crippen LogP contribution is -2.17. The normalized spacial score (nSPS) is 14.4. The van der Waals surface area contributed by atoms with Crippen LogP contribution in [0, 0.1) is 6.92 Å². The maximum absolute atomic E-state index is 12.8. The average molecular weight is 461 g/mol. The maximum atomic E-state index is 12.8. The summed E-state index contributed by atoms with van der Waals surface area (Å²) in [6.45, 7) is 2.44. The van der Waals surface area contributed by atoms with Gasteiger partial charge in [0.25, 0.3) is 15.9 Å². The van der Waals surface area contributed by atoms with Crippen molar-refractivity contribution in [1.82, 2.24) is 10.1 Å². The fourth-order valence-corrected chi connectivity index (χ4v) is 5.41. The zero-order chi connectivity index (χ0) is 21.5. The van der Waals surface area contributed by atoms with Crippen LogP contribution in [0.2, 0.25) is 0 Å². The van der Waals surface area contributed by atoms with E-state index in [2.05, 4.69) is 19.6 Å². The summed E-state index contributed by atoms with van der Waals surface area (Å²) < 4.78 is 79.5. The van der Waals surface area contributed by atoms with E-state index in [1.165, 1.54) is 11.3 Å². The first-order valence-electron chi connectivity index (χ1n) is 8.54. The Balaban J connectivity index is 1.67. The zero-order valence-corrected chi connectivity index (χ0v) is 16.9. The number of thiophene rings is 1. The number of hydrogen-bond donors (Lipinski definition) is 1. The van der Waals surface area contributed by atoms with Gasteiger partial charge in [-0.3, -0.25) is 4.72 Å². The predicted molar refractivity (Wildman–Crippen MR) is 99.6 cm³/mol. The molecule has 3 heterocycles. The fraction of sp³-hybridized carbons (Fsp3) is 0.294. The molecule has 0 amide bonds. The molecule has 0 fully saturated rings. The summed E-state index contributed by atoms with van der Waals surface area (Å²) in [6, 6.07) is 3.91. The van der Waals surface area contributed by atoms with Crippen molar-refractivity contribution < 1.29 is 35.6 Å². The van der Waals surface area contributed by atoms with Gasteiger partial charge in [-0.2, -0.15) is 4.98 Å². The Labute approximate surface area is 172 Å². The number of anilines is 1. The minimum absolute atomic E-state index is 0.179. The predicted octanol–water partition coefficient (Wildman–Crippen LogP) is 3.88. The Morgan fingerprint density at radius 1 is 1.23 bits per heavy atom. The van der Waals surface area contributed by atoms with Gasteiger partial charge >= 0.3 is 6.36 Å². The second-order valence-electron chi connectivity index (χ2n) is 6.28. The van der Waals surface area contributed by atoms with E-state index in [0.717, 1.165) is 34.7 Å². The van der Waals surface area contributed by atoms with E-state index in [1.54, 1.807) is 6.92 Å². The van der Waals surface area contributed by atoms with Gasteiger partial charge in [-0.1, -0.05) is 5.16 Å². The molecule has 0 aliphatic carbocycles. The molecule has 1 aromatic carbocycles. The molecular formula is C17H14F3N3O5S2. The highest BCUT2D eigenvalue weighted by atomic mass is 32.2. The molecule has 30 heavy (non-hydrogen) atoms. The first kappa shape index (κ1) is 20.6. The summed E-state index contributed by atoms with van der Waals surface area (Å²) in [7, 11) is -4.10. The molecular weight excluding hydrogens is 447 g/mol. The average Bonchev–Trinajstić information content (AvgIpc) is 3.23. The van der Waals surface area contributed by atoms with Crippen molar-refractivity contribution >= 4 is 26.4 Å². The van der Waals surface area contributed by atoms with E-state index in [0.29, 0.717) is 31.0 Å². The molecule has 13 heteroatoms. The third kappa shape index (κ3) is 4.27. The Morgan fingerprint density at radius 2 is 1.97 bits per heavy atom. The summed E-state index contributed by atoms with van der Waals surface area (Å²) in [4.78, 5) is 4.80. The lowest BCUT2D eigenvalue weighted by molar-refractivity contribution is -0.274. The largest absolute Gasteiger partial charge is 0.573 e. The molecule has 0 radical (unpaired) electrons. The van der Waals surface area contributed by atoms with E-state index >= 15 is 0 Å². The van der Waals surface area contributed by atoms with Crippen molar-refractivity contribution in [3.8, 4) is 17.2 Å². The molecule has 0 spiro atoms. The number of alkyl halides is 3. The molecule has 0 unspecified atom stereocenters. The first-order valence-corrected chi connectivity index (χ1v) is 10.8. The molecule has 0 saturated heterocycles. The van der Waals surface area contributed by atoms with Crippen molar-refractivity contribution in [2.75, 3.05) is 11.3 Å². The summed E-state index contributed by atoms with van der Waals surface area (Å²) >= 11 is 1.18. The molecule has 0 saturated carbocycles. The van der Waals surface area contributed by atoms with Gasteiger partial charge in [-0.25, -0.2) is 8.42 Å². The first-order chi connectivity index (χ1) is 14.1. The van der Waals surface area contributed by atoms with Crippen molar-refractivity contribution in [1.29, 1.82) is 0 Å². The highest BCUT2D eigenvalue weighted by molar-refractivity contribution is 7.93. The maximum Gasteiger partial charge on any atom is 0.573 e. The van der Waals surface area contributed by atoms with Crippen LogP contribution >= 0.6 is 11.3 Å². The van der Waals surface area contributed by atoms with Gasteiger partial charge in [0.1, 0.15) is 10.8 Å². The van der Waals surface area contributed by atoms with Crippen LogP contribution in [0.4, 0.5) is 18.2 Å². The number of nitrogens with zero attached hydrogens (tertiary/aromatic N) is 2. The molecule has 0 bridgehead atoms. The molecule has 8 nitrogen and oxygen atoms in total. The van der Waals surface area contributed by atoms with Gasteiger partial charge in [0.05, 0.1) is 23.7 Å². The van der Waals surface area contributed by atoms with Gasteiger partial charge in [-0.15, -0.1) is 24.5 Å². The minimum atomic E-state index is -4.87. The van der Waals surface area contributed by atoms with Crippen LogP contribution in [0.25, 0.3) is 11.5 Å². The highest BCUT2D eigenvalue weighted by Crippen LogP contribution is 2.43. The Kier molecular flexibility index (Phi) is 5.20. The van der Waals surface area contributed by atoms with Crippen molar-refractivity contribution in [2.45, 2.75) is 31.2 Å². The Hall–Kier alpha value is -2.64. The minimum Gasteiger partial charge on any atom is -0.406 e. The van der Waals surface area contributed by atoms with E-state index in [1.807, 2.05) is 0 Å². The lowest BCUT2D eigenvalue weighted by Gasteiger charge is -2.12.